The SMILES string of the molecule is CC(C)(C)C(O)(CN)Cc1ccc(O)cc1. The molecule has 1 rings (SSSR count). The van der Waals surface area contributed by atoms with Crippen molar-refractivity contribution in [2.45, 2.75) is 32.8 Å². The lowest BCUT2D eigenvalue weighted by Crippen LogP contribution is -2.50. The van der Waals surface area contributed by atoms with Crippen molar-refractivity contribution in [3.63, 3.8) is 0 Å². The predicted octanol–water partition coefficient (Wildman–Crippen LogP) is 1.67. The van der Waals surface area contributed by atoms with Gasteiger partial charge in [0, 0.05) is 13.0 Å². The molecule has 90 valence electrons. The lowest BCUT2D eigenvalue weighted by molar-refractivity contribution is -0.0490. The Bertz CT molecular complexity index is 340. The Morgan fingerprint density at radius 3 is 2.00 bits per heavy atom. The van der Waals surface area contributed by atoms with Crippen molar-refractivity contribution in [2.75, 3.05) is 6.54 Å². The number of nitrogens with two attached hydrogens (primary N) is 1. The van der Waals surface area contributed by atoms with Gasteiger partial charge >= 0.3 is 0 Å². The van der Waals surface area contributed by atoms with Crippen molar-refractivity contribution in [3.8, 4) is 5.75 Å². The molecule has 0 aromatic heterocycles. The van der Waals surface area contributed by atoms with Gasteiger partial charge in [-0.3, -0.25) is 0 Å². The Labute approximate surface area is 96.9 Å². The number of aliphatic hydroxyl groups is 1. The van der Waals surface area contributed by atoms with Gasteiger partial charge in [0.15, 0.2) is 0 Å². The Morgan fingerprint density at radius 2 is 1.62 bits per heavy atom. The maximum atomic E-state index is 10.5. The van der Waals surface area contributed by atoms with Crippen molar-refractivity contribution < 1.29 is 10.2 Å². The molecule has 0 aliphatic heterocycles. The molecule has 1 aromatic carbocycles. The van der Waals surface area contributed by atoms with Crippen LogP contribution in [0.1, 0.15) is 26.3 Å². The lowest BCUT2D eigenvalue weighted by Gasteiger charge is -2.39. The maximum Gasteiger partial charge on any atom is 0.115 e. The second-order valence-corrected chi connectivity index (χ2v) is 5.33. The first-order chi connectivity index (χ1) is 7.28. The van der Waals surface area contributed by atoms with E-state index in [9.17, 15) is 10.2 Å². The van der Waals surface area contributed by atoms with Crippen molar-refractivity contribution in [1.29, 1.82) is 0 Å². The largest absolute Gasteiger partial charge is 0.508 e. The summed E-state index contributed by atoms with van der Waals surface area (Å²) in [5.74, 6) is 0.232. The summed E-state index contributed by atoms with van der Waals surface area (Å²) in [5.41, 5.74) is 5.44. The van der Waals surface area contributed by atoms with Crippen LogP contribution < -0.4 is 5.73 Å². The summed E-state index contributed by atoms with van der Waals surface area (Å²) in [4.78, 5) is 0. The van der Waals surface area contributed by atoms with Gasteiger partial charge in [0.2, 0.25) is 0 Å². The highest BCUT2D eigenvalue weighted by molar-refractivity contribution is 5.27. The van der Waals surface area contributed by atoms with E-state index in [-0.39, 0.29) is 17.7 Å². The monoisotopic (exact) mass is 223 g/mol. The van der Waals surface area contributed by atoms with Gasteiger partial charge < -0.3 is 15.9 Å². The Kier molecular flexibility index (Phi) is 3.61. The van der Waals surface area contributed by atoms with Crippen LogP contribution in [0.25, 0.3) is 0 Å². The van der Waals surface area contributed by atoms with E-state index in [1.807, 2.05) is 32.9 Å². The van der Waals surface area contributed by atoms with E-state index in [4.69, 9.17) is 5.73 Å². The lowest BCUT2D eigenvalue weighted by atomic mass is 9.73. The normalized spacial score (nSPS) is 15.8. The van der Waals surface area contributed by atoms with E-state index < -0.39 is 5.60 Å². The van der Waals surface area contributed by atoms with E-state index in [0.717, 1.165) is 5.56 Å². The number of hydrogen-bond acceptors (Lipinski definition) is 3. The third-order valence-corrected chi connectivity index (χ3v) is 3.17. The summed E-state index contributed by atoms with van der Waals surface area (Å²) in [6.45, 7) is 6.14. The predicted molar refractivity (Wildman–Crippen MR) is 65.3 cm³/mol. The molecule has 0 amide bonds. The van der Waals surface area contributed by atoms with E-state index in [1.54, 1.807) is 12.1 Å². The minimum absolute atomic E-state index is 0.220. The number of aromatic hydroxyl groups is 1. The zero-order valence-corrected chi connectivity index (χ0v) is 10.2. The van der Waals surface area contributed by atoms with Crippen LogP contribution in [0, 0.1) is 5.41 Å². The smallest absolute Gasteiger partial charge is 0.115 e. The summed E-state index contributed by atoms with van der Waals surface area (Å²) in [6.07, 6.45) is 0.493. The molecule has 1 aromatic rings. The molecular formula is C13H21NO2. The van der Waals surface area contributed by atoms with Gasteiger partial charge in [0.05, 0.1) is 5.60 Å². The molecule has 0 fully saturated rings. The summed E-state index contributed by atoms with van der Waals surface area (Å²) >= 11 is 0. The number of phenols is 1. The molecule has 0 radical (unpaired) electrons. The van der Waals surface area contributed by atoms with Crippen LogP contribution >= 0.6 is 0 Å². The first-order valence-electron chi connectivity index (χ1n) is 5.49. The Morgan fingerprint density at radius 1 is 1.12 bits per heavy atom. The topological polar surface area (TPSA) is 66.5 Å². The summed E-state index contributed by atoms with van der Waals surface area (Å²) in [5, 5.41) is 19.7. The molecule has 1 atom stereocenters. The highest BCUT2D eigenvalue weighted by atomic mass is 16.3. The van der Waals surface area contributed by atoms with E-state index in [1.165, 1.54) is 0 Å². The highest BCUT2D eigenvalue weighted by Crippen LogP contribution is 2.32. The summed E-state index contributed by atoms with van der Waals surface area (Å²) in [7, 11) is 0. The number of phenolic OH excluding ortho intramolecular Hbond substituents is 1. The molecule has 16 heavy (non-hydrogen) atoms. The van der Waals surface area contributed by atoms with Crippen LogP contribution in [0.15, 0.2) is 24.3 Å². The molecule has 0 aliphatic rings. The van der Waals surface area contributed by atoms with Crippen LogP contribution in [0.2, 0.25) is 0 Å². The fourth-order valence-electron chi connectivity index (χ4n) is 1.60. The Hall–Kier alpha value is -1.06. The molecule has 0 aliphatic carbocycles. The molecule has 0 bridgehead atoms. The van der Waals surface area contributed by atoms with Crippen molar-refractivity contribution in [3.05, 3.63) is 29.8 Å². The van der Waals surface area contributed by atoms with Gasteiger partial charge in [-0.15, -0.1) is 0 Å². The maximum absolute atomic E-state index is 10.5. The summed E-state index contributed by atoms with van der Waals surface area (Å²) < 4.78 is 0. The second kappa shape index (κ2) is 4.44. The van der Waals surface area contributed by atoms with Gasteiger partial charge in [-0.05, 0) is 23.1 Å². The summed E-state index contributed by atoms with van der Waals surface area (Å²) in [6, 6.07) is 6.85. The van der Waals surface area contributed by atoms with Crippen molar-refractivity contribution in [2.24, 2.45) is 11.1 Å². The van der Waals surface area contributed by atoms with Gasteiger partial charge in [-0.2, -0.15) is 0 Å². The average molecular weight is 223 g/mol. The minimum atomic E-state index is -0.927. The Balaban J connectivity index is 2.89. The molecule has 0 saturated heterocycles. The van der Waals surface area contributed by atoms with Crippen LogP contribution in [-0.4, -0.2) is 22.4 Å². The van der Waals surface area contributed by atoms with Crippen LogP contribution in [0.4, 0.5) is 0 Å². The highest BCUT2D eigenvalue weighted by Gasteiger charge is 2.38. The molecule has 0 spiro atoms. The molecule has 3 nitrogen and oxygen atoms in total. The van der Waals surface area contributed by atoms with Crippen molar-refractivity contribution >= 4 is 0 Å². The number of benzene rings is 1. The first-order valence-corrected chi connectivity index (χ1v) is 5.49. The fourth-order valence-corrected chi connectivity index (χ4v) is 1.60. The number of rotatable bonds is 3. The van der Waals surface area contributed by atoms with Gasteiger partial charge in [-0.25, -0.2) is 0 Å². The third-order valence-electron chi connectivity index (χ3n) is 3.17. The molecule has 0 heterocycles. The average Bonchev–Trinajstić information content (AvgIpc) is 2.19. The molecular weight excluding hydrogens is 202 g/mol. The van der Waals surface area contributed by atoms with E-state index in [0.29, 0.717) is 6.42 Å². The van der Waals surface area contributed by atoms with Crippen LogP contribution in [0.5, 0.6) is 5.75 Å². The van der Waals surface area contributed by atoms with Gasteiger partial charge in [0.25, 0.3) is 0 Å². The first kappa shape index (κ1) is 13.0. The molecule has 0 saturated carbocycles. The standard InChI is InChI=1S/C13H21NO2/c1-12(2,3)13(16,9-14)8-10-4-6-11(15)7-5-10/h4-7,15-16H,8-9,14H2,1-3H3. The van der Waals surface area contributed by atoms with Crippen LogP contribution in [-0.2, 0) is 6.42 Å². The quantitative estimate of drug-likeness (QED) is 0.730. The number of hydrogen-bond donors (Lipinski definition) is 3. The van der Waals surface area contributed by atoms with E-state index in [2.05, 4.69) is 0 Å². The third kappa shape index (κ3) is 2.74. The van der Waals surface area contributed by atoms with E-state index >= 15 is 0 Å². The molecule has 4 N–H and O–H groups in total. The van der Waals surface area contributed by atoms with Crippen LogP contribution in [0.3, 0.4) is 0 Å². The van der Waals surface area contributed by atoms with Crippen molar-refractivity contribution in [1.82, 2.24) is 0 Å². The zero-order chi connectivity index (χ0) is 12.4. The molecule has 3 heteroatoms. The fraction of sp³-hybridized carbons (Fsp3) is 0.538. The van der Waals surface area contributed by atoms with Gasteiger partial charge in [-0.1, -0.05) is 32.9 Å². The zero-order valence-electron chi connectivity index (χ0n) is 10.2. The minimum Gasteiger partial charge on any atom is -0.508 e. The van der Waals surface area contributed by atoms with Gasteiger partial charge in [0.1, 0.15) is 5.75 Å². The second-order valence-electron chi connectivity index (χ2n) is 5.33. The molecule has 1 unspecified atom stereocenters.